The number of nitrogens with one attached hydrogen (secondary N) is 1. The van der Waals surface area contributed by atoms with Gasteiger partial charge in [0, 0.05) is 17.9 Å². The number of thioether (sulfide) groups is 1. The minimum atomic E-state index is -1.11. The Morgan fingerprint density at radius 3 is 2.60 bits per heavy atom. The van der Waals surface area contributed by atoms with Crippen LogP contribution in [0.25, 0.3) is 0 Å². The van der Waals surface area contributed by atoms with E-state index in [9.17, 15) is 9.59 Å². The first-order valence-corrected chi connectivity index (χ1v) is 7.39. The Balaban J connectivity index is 2.32. The molecule has 0 bridgehead atoms. The molecule has 0 aliphatic carbocycles. The average Bonchev–Trinajstić information content (AvgIpc) is 2.40. The van der Waals surface area contributed by atoms with Crippen molar-refractivity contribution in [1.82, 2.24) is 5.32 Å². The van der Waals surface area contributed by atoms with Crippen LogP contribution in [0.4, 0.5) is 0 Å². The molecule has 1 aromatic rings. The molecule has 0 saturated heterocycles. The summed E-state index contributed by atoms with van der Waals surface area (Å²) >= 11 is 7.18. The van der Waals surface area contributed by atoms with Crippen molar-refractivity contribution >= 4 is 35.2 Å². The summed E-state index contributed by atoms with van der Waals surface area (Å²) in [7, 11) is 1.39. The van der Waals surface area contributed by atoms with Crippen molar-refractivity contribution in [2.75, 3.05) is 19.5 Å². The predicted molar refractivity (Wildman–Crippen MR) is 79.1 cm³/mol. The molecule has 1 amide bonds. The molecule has 2 N–H and O–H groups in total. The number of benzene rings is 1. The number of methoxy groups -OCH3 is 1. The summed E-state index contributed by atoms with van der Waals surface area (Å²) in [6, 6.07) is 6.34. The maximum absolute atomic E-state index is 11.6. The number of hydrogen-bond donors (Lipinski definition) is 2. The Morgan fingerprint density at radius 1 is 1.40 bits per heavy atom. The normalized spacial score (nSPS) is 11.9. The molecule has 1 aromatic carbocycles. The van der Waals surface area contributed by atoms with Crippen LogP contribution in [0.2, 0.25) is 5.02 Å². The van der Waals surface area contributed by atoms with Gasteiger partial charge in [-0.05, 0) is 17.7 Å². The SMILES string of the molecule is COCC(NC(=O)CSCc1ccc(Cl)cc1)C(=O)O. The van der Waals surface area contributed by atoms with Gasteiger partial charge in [-0.15, -0.1) is 11.8 Å². The zero-order valence-electron chi connectivity index (χ0n) is 11.0. The lowest BCUT2D eigenvalue weighted by Crippen LogP contribution is -2.44. The van der Waals surface area contributed by atoms with Crippen molar-refractivity contribution in [3.8, 4) is 0 Å². The molecular formula is C13H16ClNO4S. The summed E-state index contributed by atoms with van der Waals surface area (Å²) in [6.45, 7) is -0.0527. The molecule has 0 saturated carbocycles. The Kier molecular flexibility index (Phi) is 7.43. The Hall–Kier alpha value is -1.24. The van der Waals surface area contributed by atoms with Crippen LogP contribution in [-0.4, -0.2) is 42.5 Å². The van der Waals surface area contributed by atoms with Crippen LogP contribution in [0, 0.1) is 0 Å². The van der Waals surface area contributed by atoms with Crippen LogP contribution in [-0.2, 0) is 20.1 Å². The fourth-order valence-electron chi connectivity index (χ4n) is 1.42. The fraction of sp³-hybridized carbons (Fsp3) is 0.385. The molecule has 110 valence electrons. The van der Waals surface area contributed by atoms with E-state index in [0.717, 1.165) is 5.56 Å². The van der Waals surface area contributed by atoms with Crippen molar-refractivity contribution in [2.24, 2.45) is 0 Å². The summed E-state index contributed by atoms with van der Waals surface area (Å²) < 4.78 is 4.74. The number of rotatable bonds is 8. The zero-order valence-corrected chi connectivity index (χ0v) is 12.5. The van der Waals surface area contributed by atoms with Crippen LogP contribution < -0.4 is 5.32 Å². The van der Waals surface area contributed by atoms with E-state index in [0.29, 0.717) is 10.8 Å². The highest BCUT2D eigenvalue weighted by molar-refractivity contribution is 7.99. The van der Waals surface area contributed by atoms with E-state index >= 15 is 0 Å². The molecule has 1 unspecified atom stereocenters. The lowest BCUT2D eigenvalue weighted by molar-refractivity contribution is -0.142. The van der Waals surface area contributed by atoms with Gasteiger partial charge in [0.05, 0.1) is 12.4 Å². The minimum Gasteiger partial charge on any atom is -0.480 e. The summed E-state index contributed by atoms with van der Waals surface area (Å²) in [6.07, 6.45) is 0. The third-order valence-corrected chi connectivity index (χ3v) is 3.64. The van der Waals surface area contributed by atoms with Crippen molar-refractivity contribution in [3.05, 3.63) is 34.9 Å². The highest BCUT2D eigenvalue weighted by Gasteiger charge is 2.19. The standard InChI is InChI=1S/C13H16ClNO4S/c1-19-6-11(13(17)18)15-12(16)8-20-7-9-2-4-10(14)5-3-9/h2-5,11H,6-8H2,1H3,(H,15,16)(H,17,18). The second kappa shape index (κ2) is 8.84. The molecule has 0 aliphatic rings. The second-order valence-corrected chi connectivity index (χ2v) is 5.45. The molecule has 0 radical (unpaired) electrons. The highest BCUT2D eigenvalue weighted by Crippen LogP contribution is 2.15. The monoisotopic (exact) mass is 317 g/mol. The maximum Gasteiger partial charge on any atom is 0.328 e. The van der Waals surface area contributed by atoms with Gasteiger partial charge in [0.1, 0.15) is 0 Å². The van der Waals surface area contributed by atoms with Gasteiger partial charge in [0.25, 0.3) is 0 Å². The number of carbonyl (C=O) groups is 2. The molecule has 0 aliphatic heterocycles. The Labute approximate surface area is 126 Å². The van der Waals surface area contributed by atoms with Gasteiger partial charge in [0.15, 0.2) is 6.04 Å². The topological polar surface area (TPSA) is 75.6 Å². The molecule has 0 fully saturated rings. The number of hydrogen-bond acceptors (Lipinski definition) is 4. The van der Waals surface area contributed by atoms with Crippen molar-refractivity contribution < 1.29 is 19.4 Å². The highest BCUT2D eigenvalue weighted by atomic mass is 35.5. The van der Waals surface area contributed by atoms with Crippen molar-refractivity contribution in [3.63, 3.8) is 0 Å². The third-order valence-electron chi connectivity index (χ3n) is 2.38. The van der Waals surface area contributed by atoms with E-state index in [1.807, 2.05) is 12.1 Å². The van der Waals surface area contributed by atoms with Crippen LogP contribution in [0.5, 0.6) is 0 Å². The molecule has 0 aromatic heterocycles. The first-order chi connectivity index (χ1) is 9.52. The van der Waals surface area contributed by atoms with E-state index in [4.69, 9.17) is 21.4 Å². The first-order valence-electron chi connectivity index (χ1n) is 5.86. The molecule has 5 nitrogen and oxygen atoms in total. The Bertz CT molecular complexity index is 452. The van der Waals surface area contributed by atoms with E-state index in [1.54, 1.807) is 12.1 Å². The Morgan fingerprint density at radius 2 is 2.05 bits per heavy atom. The van der Waals surface area contributed by atoms with Gasteiger partial charge in [0.2, 0.25) is 5.91 Å². The molecule has 7 heteroatoms. The third kappa shape index (κ3) is 6.27. The van der Waals surface area contributed by atoms with Gasteiger partial charge in [-0.3, -0.25) is 4.79 Å². The van der Waals surface area contributed by atoms with Crippen LogP contribution in [0.15, 0.2) is 24.3 Å². The van der Waals surface area contributed by atoms with E-state index in [1.165, 1.54) is 18.9 Å². The quantitative estimate of drug-likeness (QED) is 0.764. The summed E-state index contributed by atoms with van der Waals surface area (Å²) in [5.74, 6) is -0.584. The number of carbonyl (C=O) groups excluding carboxylic acids is 1. The summed E-state index contributed by atoms with van der Waals surface area (Å²) in [4.78, 5) is 22.4. The first kappa shape index (κ1) is 16.8. The smallest absolute Gasteiger partial charge is 0.328 e. The number of carboxylic acid groups (broad SMARTS) is 1. The number of aliphatic carboxylic acids is 1. The second-order valence-electron chi connectivity index (χ2n) is 4.03. The van der Waals surface area contributed by atoms with Gasteiger partial charge in [-0.25, -0.2) is 4.79 Å². The summed E-state index contributed by atoms with van der Waals surface area (Å²) in [5, 5.41) is 11.9. The number of ether oxygens (including phenoxy) is 1. The maximum atomic E-state index is 11.6. The molecular weight excluding hydrogens is 302 g/mol. The zero-order chi connectivity index (χ0) is 15.0. The van der Waals surface area contributed by atoms with Gasteiger partial charge in [-0.2, -0.15) is 0 Å². The molecule has 20 heavy (non-hydrogen) atoms. The molecule has 1 atom stereocenters. The average molecular weight is 318 g/mol. The van der Waals surface area contributed by atoms with Crippen LogP contribution in [0.3, 0.4) is 0 Å². The van der Waals surface area contributed by atoms with E-state index in [2.05, 4.69) is 5.32 Å². The van der Waals surface area contributed by atoms with Gasteiger partial charge < -0.3 is 15.2 Å². The van der Waals surface area contributed by atoms with Crippen molar-refractivity contribution in [1.29, 1.82) is 0 Å². The summed E-state index contributed by atoms with van der Waals surface area (Å²) in [5.41, 5.74) is 1.05. The van der Waals surface area contributed by atoms with E-state index < -0.39 is 12.0 Å². The molecule has 0 heterocycles. The van der Waals surface area contributed by atoms with Crippen molar-refractivity contribution in [2.45, 2.75) is 11.8 Å². The van der Waals surface area contributed by atoms with Gasteiger partial charge >= 0.3 is 5.97 Å². The number of amides is 1. The molecule has 1 rings (SSSR count). The largest absolute Gasteiger partial charge is 0.480 e. The van der Waals surface area contributed by atoms with Gasteiger partial charge in [-0.1, -0.05) is 23.7 Å². The predicted octanol–water partition coefficient (Wildman–Crippen LogP) is 1.79. The minimum absolute atomic E-state index is 0.0527. The number of carboxylic acids is 1. The number of halogens is 1. The van der Waals surface area contributed by atoms with E-state index in [-0.39, 0.29) is 18.3 Å². The molecule has 0 spiro atoms. The van der Waals surface area contributed by atoms with Crippen LogP contribution >= 0.6 is 23.4 Å². The van der Waals surface area contributed by atoms with Crippen LogP contribution in [0.1, 0.15) is 5.56 Å². The lowest BCUT2D eigenvalue weighted by atomic mass is 10.2. The lowest BCUT2D eigenvalue weighted by Gasteiger charge is -2.13. The fourth-order valence-corrected chi connectivity index (χ4v) is 2.34.